The lowest BCUT2D eigenvalue weighted by Gasteiger charge is -1.84. The molecule has 0 aromatic carbocycles. The van der Waals surface area contributed by atoms with Crippen LogP contribution in [0.5, 0.6) is 0 Å². The van der Waals surface area contributed by atoms with Gasteiger partial charge in [0, 0.05) is 6.20 Å². The van der Waals surface area contributed by atoms with Crippen molar-refractivity contribution < 1.29 is 4.11 Å². The SMILES string of the molecule is F[Si]c1ccccn1. The fraction of sp³-hybridized carbons (Fsp3) is 0. The minimum atomic E-state index is -0.681. The topological polar surface area (TPSA) is 12.9 Å². The van der Waals surface area contributed by atoms with Crippen LogP contribution >= 0.6 is 0 Å². The second-order valence-electron chi connectivity index (χ2n) is 1.31. The number of pyridine rings is 1. The quantitative estimate of drug-likeness (QED) is 0.388. The van der Waals surface area contributed by atoms with Crippen molar-refractivity contribution in [1.29, 1.82) is 0 Å². The molecule has 3 heteroatoms. The van der Waals surface area contributed by atoms with E-state index in [0.29, 0.717) is 5.32 Å². The third-order valence-corrected chi connectivity index (χ3v) is 1.25. The van der Waals surface area contributed by atoms with Gasteiger partial charge in [-0.25, -0.2) is 0 Å². The molecular weight excluding hydrogens is 121 g/mol. The molecule has 1 heterocycles. The highest BCUT2D eigenvalue weighted by Gasteiger charge is 1.89. The Balaban J connectivity index is 2.83. The number of aromatic nitrogens is 1. The van der Waals surface area contributed by atoms with Gasteiger partial charge in [0.15, 0.2) is 0 Å². The summed E-state index contributed by atoms with van der Waals surface area (Å²) in [4.78, 5) is 3.73. The number of nitrogens with zero attached hydrogens (tertiary/aromatic N) is 1. The van der Waals surface area contributed by atoms with Gasteiger partial charge in [0.25, 0.3) is 0 Å². The third kappa shape index (κ3) is 1.13. The van der Waals surface area contributed by atoms with Gasteiger partial charge in [0.05, 0.1) is 5.32 Å². The molecule has 8 heavy (non-hydrogen) atoms. The van der Waals surface area contributed by atoms with Crippen molar-refractivity contribution in [3.05, 3.63) is 24.4 Å². The van der Waals surface area contributed by atoms with Crippen molar-refractivity contribution in [3.8, 4) is 0 Å². The van der Waals surface area contributed by atoms with Gasteiger partial charge < -0.3 is 4.11 Å². The van der Waals surface area contributed by atoms with E-state index in [9.17, 15) is 4.11 Å². The van der Waals surface area contributed by atoms with Crippen molar-refractivity contribution in [2.45, 2.75) is 0 Å². The highest BCUT2D eigenvalue weighted by molar-refractivity contribution is 6.44. The fourth-order valence-electron chi connectivity index (χ4n) is 0.419. The van der Waals surface area contributed by atoms with E-state index in [0.717, 1.165) is 0 Å². The Morgan fingerprint density at radius 3 is 2.75 bits per heavy atom. The van der Waals surface area contributed by atoms with Gasteiger partial charge in [-0.3, -0.25) is 4.98 Å². The van der Waals surface area contributed by atoms with Crippen molar-refractivity contribution in [3.63, 3.8) is 0 Å². The zero-order valence-corrected chi connectivity index (χ0v) is 5.13. The Kier molecular flexibility index (Phi) is 1.74. The molecule has 0 amide bonds. The third-order valence-electron chi connectivity index (χ3n) is 0.762. The zero-order chi connectivity index (χ0) is 5.82. The van der Waals surface area contributed by atoms with Crippen molar-refractivity contribution >= 4 is 15.2 Å². The van der Waals surface area contributed by atoms with E-state index in [1.807, 2.05) is 0 Å². The minimum absolute atomic E-state index is 0.521. The predicted octanol–water partition coefficient (Wildman–Crippen LogP) is 0.296. The molecule has 0 aliphatic carbocycles. The fourth-order valence-corrected chi connectivity index (χ4v) is 0.701. The van der Waals surface area contributed by atoms with Crippen LogP contribution in [0.25, 0.3) is 0 Å². The highest BCUT2D eigenvalue weighted by Crippen LogP contribution is 1.74. The van der Waals surface area contributed by atoms with Crippen molar-refractivity contribution in [2.75, 3.05) is 0 Å². The maximum absolute atomic E-state index is 11.7. The molecule has 1 rings (SSSR count). The van der Waals surface area contributed by atoms with E-state index in [2.05, 4.69) is 4.98 Å². The van der Waals surface area contributed by atoms with Crippen LogP contribution in [0.1, 0.15) is 0 Å². The van der Waals surface area contributed by atoms with Crippen LogP contribution in [-0.2, 0) is 0 Å². The minimum Gasteiger partial charge on any atom is -0.307 e. The summed E-state index contributed by atoms with van der Waals surface area (Å²) < 4.78 is 11.7. The van der Waals surface area contributed by atoms with Crippen LogP contribution < -0.4 is 5.32 Å². The normalized spacial score (nSPS) is 9.12. The van der Waals surface area contributed by atoms with E-state index in [4.69, 9.17) is 0 Å². The first-order valence-electron chi connectivity index (χ1n) is 2.21. The van der Waals surface area contributed by atoms with Gasteiger partial charge in [-0.15, -0.1) is 0 Å². The zero-order valence-electron chi connectivity index (χ0n) is 4.13. The molecule has 2 radical (unpaired) electrons. The van der Waals surface area contributed by atoms with Gasteiger partial charge >= 0.3 is 9.85 Å². The molecule has 0 saturated heterocycles. The van der Waals surface area contributed by atoms with Crippen molar-refractivity contribution in [2.24, 2.45) is 0 Å². The Labute approximate surface area is 49.6 Å². The van der Waals surface area contributed by atoms with E-state index >= 15 is 0 Å². The van der Waals surface area contributed by atoms with Gasteiger partial charge in [-0.1, -0.05) is 6.07 Å². The Morgan fingerprint density at radius 2 is 2.38 bits per heavy atom. The summed E-state index contributed by atoms with van der Waals surface area (Å²) in [7, 11) is -0.681. The number of hydrogen-bond donors (Lipinski definition) is 0. The lowest BCUT2D eigenvalue weighted by molar-refractivity contribution is 0.881. The molecule has 1 aromatic rings. The molecule has 0 saturated carbocycles. The molecule has 0 fully saturated rings. The first kappa shape index (κ1) is 5.43. The standard InChI is InChI=1S/C5H4FNSi/c6-8-5-3-1-2-4-7-5/h1-4H. The average molecular weight is 125 g/mol. The molecule has 0 unspecified atom stereocenters. The second-order valence-corrected chi connectivity index (χ2v) is 2.01. The Morgan fingerprint density at radius 1 is 1.50 bits per heavy atom. The molecule has 0 aliphatic rings. The molecule has 0 bridgehead atoms. The summed E-state index contributed by atoms with van der Waals surface area (Å²) in [5, 5.41) is 0.521. The smallest absolute Gasteiger partial charge is 0.307 e. The lowest BCUT2D eigenvalue weighted by Crippen LogP contribution is -2.12. The van der Waals surface area contributed by atoms with E-state index in [1.54, 1.807) is 24.4 Å². The van der Waals surface area contributed by atoms with Crippen molar-refractivity contribution in [1.82, 2.24) is 4.98 Å². The molecule has 40 valence electrons. The van der Waals surface area contributed by atoms with Gasteiger partial charge in [-0.2, -0.15) is 0 Å². The first-order valence-corrected chi connectivity index (χ1v) is 3.09. The Bertz CT molecular complexity index is 154. The number of halogens is 1. The monoisotopic (exact) mass is 125 g/mol. The van der Waals surface area contributed by atoms with Crippen LogP contribution in [0.3, 0.4) is 0 Å². The van der Waals surface area contributed by atoms with E-state index < -0.39 is 9.85 Å². The van der Waals surface area contributed by atoms with Crippen LogP contribution in [0.15, 0.2) is 24.4 Å². The summed E-state index contributed by atoms with van der Waals surface area (Å²) in [6.07, 6.45) is 1.59. The maximum Gasteiger partial charge on any atom is 0.353 e. The van der Waals surface area contributed by atoms with Crippen LogP contribution in [0, 0.1) is 0 Å². The Hall–Kier alpha value is -0.703. The first-order chi connectivity index (χ1) is 3.93. The largest absolute Gasteiger partial charge is 0.353 e. The van der Waals surface area contributed by atoms with Crippen LogP contribution in [0.4, 0.5) is 4.11 Å². The molecule has 0 atom stereocenters. The molecule has 0 spiro atoms. The molecular formula is C5H4FNSi. The molecule has 0 N–H and O–H groups in total. The summed E-state index contributed by atoms with van der Waals surface area (Å²) in [6.45, 7) is 0. The summed E-state index contributed by atoms with van der Waals surface area (Å²) >= 11 is 0. The second kappa shape index (κ2) is 2.57. The molecule has 0 aliphatic heterocycles. The highest BCUT2D eigenvalue weighted by atomic mass is 28.3. The maximum atomic E-state index is 11.7. The summed E-state index contributed by atoms with van der Waals surface area (Å²) in [5.74, 6) is 0. The number of rotatable bonds is 1. The van der Waals surface area contributed by atoms with Gasteiger partial charge in [0.2, 0.25) is 0 Å². The summed E-state index contributed by atoms with van der Waals surface area (Å²) in [6, 6.07) is 5.21. The van der Waals surface area contributed by atoms with Crippen LogP contribution in [-0.4, -0.2) is 14.8 Å². The summed E-state index contributed by atoms with van der Waals surface area (Å²) in [5.41, 5.74) is 0. The average Bonchev–Trinajstić information content (AvgIpc) is 1.90. The number of hydrogen-bond acceptors (Lipinski definition) is 1. The van der Waals surface area contributed by atoms with E-state index in [1.165, 1.54) is 0 Å². The lowest BCUT2D eigenvalue weighted by atomic mass is 10.5. The predicted molar refractivity (Wildman–Crippen MR) is 30.7 cm³/mol. The van der Waals surface area contributed by atoms with Gasteiger partial charge in [0.1, 0.15) is 0 Å². The molecule has 1 nitrogen and oxygen atoms in total. The van der Waals surface area contributed by atoms with Crippen LogP contribution in [0.2, 0.25) is 0 Å². The van der Waals surface area contributed by atoms with Gasteiger partial charge in [-0.05, 0) is 12.1 Å². The molecule has 1 aromatic heterocycles. The van der Waals surface area contributed by atoms with E-state index in [-0.39, 0.29) is 0 Å².